The number of piperidine rings is 1. The third-order valence-corrected chi connectivity index (χ3v) is 5.21. The number of benzene rings is 1. The Morgan fingerprint density at radius 2 is 2.00 bits per heavy atom. The second-order valence-corrected chi connectivity index (χ2v) is 6.77. The van der Waals surface area contributed by atoms with Crippen LogP contribution < -0.4 is 10.2 Å². The molecule has 5 heteroatoms. The Bertz CT molecular complexity index is 651. The molecule has 1 aromatic carbocycles. The minimum Gasteiger partial charge on any atom is -0.423 e. The summed E-state index contributed by atoms with van der Waals surface area (Å²) in [5.74, 6) is 1.09. The molecule has 2 heterocycles. The van der Waals surface area contributed by atoms with Gasteiger partial charge in [0.1, 0.15) is 5.52 Å². The largest absolute Gasteiger partial charge is 0.423 e. The Hall–Kier alpha value is -2.04. The van der Waals surface area contributed by atoms with E-state index in [1.807, 2.05) is 24.3 Å². The van der Waals surface area contributed by atoms with Crippen molar-refractivity contribution in [3.8, 4) is 0 Å². The smallest absolute Gasteiger partial charge is 0.298 e. The predicted octanol–water partition coefficient (Wildman–Crippen LogP) is 2.96. The summed E-state index contributed by atoms with van der Waals surface area (Å²) in [6, 6.07) is 8.50. The molecule has 1 saturated carbocycles. The van der Waals surface area contributed by atoms with E-state index < -0.39 is 0 Å². The van der Waals surface area contributed by atoms with Gasteiger partial charge in [0.05, 0.1) is 0 Å². The summed E-state index contributed by atoms with van der Waals surface area (Å²) in [6.07, 6.45) is 5.61. The molecule has 23 heavy (non-hydrogen) atoms. The van der Waals surface area contributed by atoms with Crippen LogP contribution in [-0.2, 0) is 4.79 Å². The van der Waals surface area contributed by atoms with Gasteiger partial charge in [0, 0.05) is 25.6 Å². The van der Waals surface area contributed by atoms with Crippen LogP contribution in [0.1, 0.15) is 32.1 Å². The molecule has 1 aromatic heterocycles. The van der Waals surface area contributed by atoms with E-state index >= 15 is 0 Å². The predicted molar refractivity (Wildman–Crippen MR) is 89.3 cm³/mol. The minimum absolute atomic E-state index is 0.135. The van der Waals surface area contributed by atoms with E-state index in [1.165, 1.54) is 19.3 Å². The molecule has 0 unspecified atom stereocenters. The molecular weight excluding hydrogens is 290 g/mol. The van der Waals surface area contributed by atoms with Crippen molar-refractivity contribution in [2.24, 2.45) is 11.8 Å². The molecule has 0 radical (unpaired) electrons. The molecule has 2 aromatic rings. The number of hydrogen-bond acceptors (Lipinski definition) is 4. The Kier molecular flexibility index (Phi) is 3.93. The number of rotatable bonds is 4. The first-order valence-electron chi connectivity index (χ1n) is 8.68. The second-order valence-electron chi connectivity index (χ2n) is 6.77. The maximum absolute atomic E-state index is 12.3. The van der Waals surface area contributed by atoms with Crippen LogP contribution in [0.4, 0.5) is 6.01 Å². The second kappa shape index (κ2) is 6.22. The van der Waals surface area contributed by atoms with E-state index in [0.29, 0.717) is 6.01 Å². The van der Waals surface area contributed by atoms with Crippen molar-refractivity contribution in [2.75, 3.05) is 24.5 Å². The summed E-state index contributed by atoms with van der Waals surface area (Å²) >= 11 is 0. The van der Waals surface area contributed by atoms with Crippen LogP contribution in [0, 0.1) is 11.8 Å². The van der Waals surface area contributed by atoms with Crippen LogP contribution in [-0.4, -0.2) is 30.5 Å². The zero-order valence-corrected chi connectivity index (χ0v) is 13.3. The monoisotopic (exact) mass is 313 g/mol. The summed E-state index contributed by atoms with van der Waals surface area (Å²) < 4.78 is 5.82. The molecule has 1 amide bonds. The first-order chi connectivity index (χ1) is 11.3. The maximum atomic E-state index is 12.3. The van der Waals surface area contributed by atoms with Gasteiger partial charge in [-0.25, -0.2) is 0 Å². The number of nitrogens with zero attached hydrogens (tertiary/aromatic N) is 2. The lowest BCUT2D eigenvalue weighted by Gasteiger charge is -2.31. The fraction of sp³-hybridized carbons (Fsp3) is 0.556. The van der Waals surface area contributed by atoms with Crippen molar-refractivity contribution in [3.05, 3.63) is 24.3 Å². The molecule has 0 spiro atoms. The highest BCUT2D eigenvalue weighted by molar-refractivity contribution is 5.79. The molecular formula is C18H23N3O2. The third kappa shape index (κ3) is 3.05. The van der Waals surface area contributed by atoms with Gasteiger partial charge in [-0.2, -0.15) is 4.98 Å². The Morgan fingerprint density at radius 3 is 2.70 bits per heavy atom. The van der Waals surface area contributed by atoms with E-state index in [9.17, 15) is 4.79 Å². The van der Waals surface area contributed by atoms with Crippen molar-refractivity contribution in [2.45, 2.75) is 32.1 Å². The fourth-order valence-corrected chi connectivity index (χ4v) is 3.41. The van der Waals surface area contributed by atoms with Gasteiger partial charge in [0.25, 0.3) is 6.01 Å². The minimum atomic E-state index is 0.135. The van der Waals surface area contributed by atoms with Gasteiger partial charge in [-0.15, -0.1) is 0 Å². The highest BCUT2D eigenvalue weighted by atomic mass is 16.4. The average molecular weight is 313 g/mol. The quantitative estimate of drug-likeness (QED) is 0.943. The topological polar surface area (TPSA) is 58.4 Å². The van der Waals surface area contributed by atoms with Gasteiger partial charge in [-0.05, 0) is 43.7 Å². The van der Waals surface area contributed by atoms with Gasteiger partial charge < -0.3 is 14.6 Å². The zero-order chi connectivity index (χ0) is 15.6. The normalized spacial score (nSPS) is 19.7. The Labute approximate surface area is 136 Å². The fourth-order valence-electron chi connectivity index (χ4n) is 3.41. The molecule has 5 nitrogen and oxygen atoms in total. The van der Waals surface area contributed by atoms with Crippen LogP contribution >= 0.6 is 0 Å². The molecule has 2 aliphatic rings. The first kappa shape index (κ1) is 14.5. The molecule has 122 valence electrons. The SMILES string of the molecule is O=C(NCC1CCC1)C1CCN(c2nc3ccccc3o2)CC1. The van der Waals surface area contributed by atoms with Gasteiger partial charge in [0.2, 0.25) is 5.91 Å². The summed E-state index contributed by atoms with van der Waals surface area (Å²) in [6.45, 7) is 2.52. The lowest BCUT2D eigenvalue weighted by molar-refractivity contribution is -0.125. The van der Waals surface area contributed by atoms with Crippen molar-refractivity contribution in [3.63, 3.8) is 0 Å². The molecule has 0 atom stereocenters. The Balaban J connectivity index is 1.32. The average Bonchev–Trinajstić information content (AvgIpc) is 2.97. The number of anilines is 1. The third-order valence-electron chi connectivity index (χ3n) is 5.21. The van der Waals surface area contributed by atoms with Gasteiger partial charge in [-0.3, -0.25) is 4.79 Å². The van der Waals surface area contributed by atoms with E-state index in [4.69, 9.17) is 4.42 Å². The van der Waals surface area contributed by atoms with E-state index in [-0.39, 0.29) is 11.8 Å². The number of carbonyl (C=O) groups excluding carboxylic acids is 1. The van der Waals surface area contributed by atoms with Crippen LogP contribution in [0.3, 0.4) is 0 Å². The number of carbonyl (C=O) groups is 1. The van der Waals surface area contributed by atoms with Gasteiger partial charge >= 0.3 is 0 Å². The molecule has 1 aliphatic carbocycles. The number of aromatic nitrogens is 1. The zero-order valence-electron chi connectivity index (χ0n) is 13.3. The van der Waals surface area contributed by atoms with Crippen molar-refractivity contribution in [1.82, 2.24) is 10.3 Å². The standard InChI is InChI=1S/C18H23N3O2/c22-17(19-12-13-4-3-5-13)14-8-10-21(11-9-14)18-20-15-6-1-2-7-16(15)23-18/h1-2,6-7,13-14H,3-5,8-12H2,(H,19,22). The molecule has 2 fully saturated rings. The van der Waals surface area contributed by atoms with Gasteiger partial charge in [0.15, 0.2) is 5.58 Å². The number of amides is 1. The van der Waals surface area contributed by atoms with E-state index in [1.54, 1.807) is 0 Å². The van der Waals surface area contributed by atoms with Crippen molar-refractivity contribution < 1.29 is 9.21 Å². The highest BCUT2D eigenvalue weighted by Crippen LogP contribution is 2.27. The van der Waals surface area contributed by atoms with E-state index in [0.717, 1.165) is 49.5 Å². The molecule has 1 saturated heterocycles. The highest BCUT2D eigenvalue weighted by Gasteiger charge is 2.28. The van der Waals surface area contributed by atoms with Crippen LogP contribution in [0.5, 0.6) is 0 Å². The van der Waals surface area contributed by atoms with Crippen LogP contribution in [0.2, 0.25) is 0 Å². The van der Waals surface area contributed by atoms with Crippen molar-refractivity contribution in [1.29, 1.82) is 0 Å². The number of oxazole rings is 1. The van der Waals surface area contributed by atoms with Crippen LogP contribution in [0.15, 0.2) is 28.7 Å². The molecule has 4 rings (SSSR count). The number of fused-ring (bicyclic) bond motifs is 1. The molecule has 1 N–H and O–H groups in total. The first-order valence-corrected chi connectivity index (χ1v) is 8.68. The summed E-state index contributed by atoms with van der Waals surface area (Å²) in [5.41, 5.74) is 1.71. The van der Waals surface area contributed by atoms with E-state index in [2.05, 4.69) is 15.2 Å². The lowest BCUT2D eigenvalue weighted by atomic mass is 9.85. The molecule has 0 bridgehead atoms. The number of nitrogens with one attached hydrogen (secondary N) is 1. The van der Waals surface area contributed by atoms with Crippen LogP contribution in [0.25, 0.3) is 11.1 Å². The summed E-state index contributed by atoms with van der Waals surface area (Å²) in [4.78, 5) is 18.9. The lowest BCUT2D eigenvalue weighted by Crippen LogP contribution is -2.42. The Morgan fingerprint density at radius 1 is 1.22 bits per heavy atom. The molecule has 1 aliphatic heterocycles. The summed E-state index contributed by atoms with van der Waals surface area (Å²) in [5, 5.41) is 3.13. The summed E-state index contributed by atoms with van der Waals surface area (Å²) in [7, 11) is 0. The number of hydrogen-bond donors (Lipinski definition) is 1. The van der Waals surface area contributed by atoms with Gasteiger partial charge in [-0.1, -0.05) is 18.6 Å². The number of para-hydroxylation sites is 2. The maximum Gasteiger partial charge on any atom is 0.298 e. The van der Waals surface area contributed by atoms with Crippen molar-refractivity contribution >= 4 is 23.0 Å².